The zero-order valence-corrected chi connectivity index (χ0v) is 9.89. The molecule has 0 bridgehead atoms. The highest BCUT2D eigenvalue weighted by molar-refractivity contribution is 5.81. The van der Waals surface area contributed by atoms with Gasteiger partial charge in [0.2, 0.25) is 0 Å². The van der Waals surface area contributed by atoms with Gasteiger partial charge in [0, 0.05) is 44.3 Å². The molecule has 0 unspecified atom stereocenters. The first-order chi connectivity index (χ1) is 8.43. The fourth-order valence-corrected chi connectivity index (χ4v) is 2.42. The van der Waals surface area contributed by atoms with Gasteiger partial charge >= 0.3 is 0 Å². The average molecular weight is 227 g/mol. The fraction of sp³-hybridized carbons (Fsp3) is 0.357. The lowest BCUT2D eigenvalue weighted by Crippen LogP contribution is -2.42. The molecule has 0 spiro atoms. The van der Waals surface area contributed by atoms with Crippen LogP contribution in [0.25, 0.3) is 10.9 Å². The van der Waals surface area contributed by atoms with E-state index >= 15 is 0 Å². The van der Waals surface area contributed by atoms with Gasteiger partial charge in [-0.3, -0.25) is 9.88 Å². The molecule has 0 saturated carbocycles. The summed E-state index contributed by atoms with van der Waals surface area (Å²) in [6.45, 7) is 5.50. The smallest absolute Gasteiger partial charge is 0.0705 e. The maximum Gasteiger partial charge on any atom is 0.0705 e. The summed E-state index contributed by atoms with van der Waals surface area (Å²) in [7, 11) is 0. The number of pyridine rings is 1. The number of piperazine rings is 1. The third-order valence-corrected chi connectivity index (χ3v) is 3.34. The van der Waals surface area contributed by atoms with Gasteiger partial charge < -0.3 is 5.32 Å². The molecular formula is C14H17N3. The molecule has 1 saturated heterocycles. The van der Waals surface area contributed by atoms with Crippen LogP contribution in [0, 0.1) is 0 Å². The minimum atomic E-state index is 1.03. The Balaban J connectivity index is 1.89. The normalized spacial score (nSPS) is 17.4. The summed E-state index contributed by atoms with van der Waals surface area (Å²) in [6, 6.07) is 10.6. The van der Waals surface area contributed by atoms with Crippen molar-refractivity contribution >= 4 is 10.9 Å². The Bertz CT molecular complexity index is 498. The van der Waals surface area contributed by atoms with E-state index in [1.165, 1.54) is 10.9 Å². The van der Waals surface area contributed by atoms with Gasteiger partial charge in [0.05, 0.1) is 5.52 Å². The second-order valence-electron chi connectivity index (χ2n) is 4.51. The second-order valence-corrected chi connectivity index (χ2v) is 4.51. The zero-order chi connectivity index (χ0) is 11.5. The van der Waals surface area contributed by atoms with Crippen LogP contribution in [0.4, 0.5) is 0 Å². The van der Waals surface area contributed by atoms with E-state index in [9.17, 15) is 0 Å². The van der Waals surface area contributed by atoms with E-state index in [0.29, 0.717) is 0 Å². The van der Waals surface area contributed by atoms with Crippen LogP contribution in [0.3, 0.4) is 0 Å². The van der Waals surface area contributed by atoms with Crippen molar-refractivity contribution in [1.82, 2.24) is 15.2 Å². The van der Waals surface area contributed by atoms with Crippen LogP contribution < -0.4 is 5.32 Å². The first kappa shape index (κ1) is 10.7. The maximum absolute atomic E-state index is 4.40. The minimum Gasteiger partial charge on any atom is -0.314 e. The maximum atomic E-state index is 4.40. The summed E-state index contributed by atoms with van der Waals surface area (Å²) >= 11 is 0. The van der Waals surface area contributed by atoms with Crippen LogP contribution in [0.2, 0.25) is 0 Å². The number of hydrogen-bond acceptors (Lipinski definition) is 3. The zero-order valence-electron chi connectivity index (χ0n) is 9.89. The van der Waals surface area contributed by atoms with Gasteiger partial charge in [-0.2, -0.15) is 0 Å². The second kappa shape index (κ2) is 4.82. The molecule has 3 nitrogen and oxygen atoms in total. The van der Waals surface area contributed by atoms with Crippen molar-refractivity contribution in [2.45, 2.75) is 6.54 Å². The Morgan fingerprint density at radius 3 is 2.88 bits per heavy atom. The summed E-state index contributed by atoms with van der Waals surface area (Å²) in [5.41, 5.74) is 2.48. The Labute approximate surface area is 101 Å². The summed E-state index contributed by atoms with van der Waals surface area (Å²) in [5.74, 6) is 0. The molecule has 0 radical (unpaired) electrons. The van der Waals surface area contributed by atoms with Crippen LogP contribution >= 0.6 is 0 Å². The number of nitrogens with zero attached hydrogens (tertiary/aromatic N) is 2. The van der Waals surface area contributed by atoms with E-state index in [4.69, 9.17) is 0 Å². The van der Waals surface area contributed by atoms with Crippen molar-refractivity contribution in [3.8, 4) is 0 Å². The van der Waals surface area contributed by atoms with Crippen LogP contribution in [-0.2, 0) is 6.54 Å². The highest BCUT2D eigenvalue weighted by Crippen LogP contribution is 2.18. The third kappa shape index (κ3) is 2.30. The lowest BCUT2D eigenvalue weighted by atomic mass is 10.1. The number of aromatic nitrogens is 1. The lowest BCUT2D eigenvalue weighted by Gasteiger charge is -2.27. The Morgan fingerprint density at radius 2 is 2.00 bits per heavy atom. The quantitative estimate of drug-likeness (QED) is 0.845. The molecule has 3 rings (SSSR count). The van der Waals surface area contributed by atoms with Crippen molar-refractivity contribution in [1.29, 1.82) is 0 Å². The molecule has 1 aliphatic rings. The number of rotatable bonds is 2. The van der Waals surface area contributed by atoms with Gasteiger partial charge in [-0.15, -0.1) is 0 Å². The molecule has 0 atom stereocenters. The molecule has 88 valence electrons. The summed E-state index contributed by atoms with van der Waals surface area (Å²) < 4.78 is 0. The highest BCUT2D eigenvalue weighted by Gasteiger charge is 2.11. The lowest BCUT2D eigenvalue weighted by molar-refractivity contribution is 0.234. The van der Waals surface area contributed by atoms with E-state index in [1.54, 1.807) is 0 Å². The van der Waals surface area contributed by atoms with Gasteiger partial charge in [-0.1, -0.05) is 18.2 Å². The average Bonchev–Trinajstić information content (AvgIpc) is 2.40. The highest BCUT2D eigenvalue weighted by atomic mass is 15.2. The van der Waals surface area contributed by atoms with Crippen molar-refractivity contribution in [2.24, 2.45) is 0 Å². The van der Waals surface area contributed by atoms with Crippen LogP contribution in [0.1, 0.15) is 5.56 Å². The van der Waals surface area contributed by atoms with E-state index in [2.05, 4.69) is 39.5 Å². The van der Waals surface area contributed by atoms with Crippen molar-refractivity contribution < 1.29 is 0 Å². The molecule has 1 aliphatic heterocycles. The molecular weight excluding hydrogens is 210 g/mol. The summed E-state index contributed by atoms with van der Waals surface area (Å²) in [4.78, 5) is 6.90. The van der Waals surface area contributed by atoms with E-state index in [1.807, 2.05) is 12.3 Å². The molecule has 2 heterocycles. The predicted molar refractivity (Wildman–Crippen MR) is 69.9 cm³/mol. The minimum absolute atomic E-state index is 1.03. The van der Waals surface area contributed by atoms with Crippen molar-refractivity contribution in [3.05, 3.63) is 42.1 Å². The van der Waals surface area contributed by atoms with E-state index in [0.717, 1.165) is 38.2 Å². The fourth-order valence-electron chi connectivity index (χ4n) is 2.42. The van der Waals surface area contributed by atoms with Crippen LogP contribution in [-0.4, -0.2) is 36.1 Å². The number of hydrogen-bond donors (Lipinski definition) is 1. The number of benzene rings is 1. The summed E-state index contributed by atoms with van der Waals surface area (Å²) in [5, 5.41) is 4.67. The molecule has 0 amide bonds. The molecule has 1 aromatic heterocycles. The summed E-state index contributed by atoms with van der Waals surface area (Å²) in [6.07, 6.45) is 1.86. The standard InChI is InChI=1S/C14H17N3/c1-3-12(11-17-9-7-15-8-10-17)13-4-2-6-16-14(13)5-1/h1-6,15H,7-11H2. The Kier molecular flexibility index (Phi) is 3.03. The van der Waals surface area contributed by atoms with Gasteiger partial charge in [-0.25, -0.2) is 0 Å². The number of nitrogens with one attached hydrogen (secondary N) is 1. The molecule has 1 aromatic carbocycles. The van der Waals surface area contributed by atoms with Crippen LogP contribution in [0.5, 0.6) is 0 Å². The Hall–Kier alpha value is -1.45. The molecule has 1 N–H and O–H groups in total. The predicted octanol–water partition coefficient (Wildman–Crippen LogP) is 1.64. The number of fused-ring (bicyclic) bond motifs is 1. The van der Waals surface area contributed by atoms with E-state index < -0.39 is 0 Å². The van der Waals surface area contributed by atoms with Crippen LogP contribution in [0.15, 0.2) is 36.5 Å². The molecule has 17 heavy (non-hydrogen) atoms. The monoisotopic (exact) mass is 227 g/mol. The topological polar surface area (TPSA) is 28.2 Å². The van der Waals surface area contributed by atoms with Gasteiger partial charge in [0.1, 0.15) is 0 Å². The van der Waals surface area contributed by atoms with Gasteiger partial charge in [-0.05, 0) is 17.7 Å². The molecule has 3 heteroatoms. The van der Waals surface area contributed by atoms with Gasteiger partial charge in [0.25, 0.3) is 0 Å². The Morgan fingerprint density at radius 1 is 1.12 bits per heavy atom. The largest absolute Gasteiger partial charge is 0.314 e. The third-order valence-electron chi connectivity index (χ3n) is 3.34. The SMILES string of the molecule is c1cc(CN2CCNCC2)c2cccnc2c1. The first-order valence-corrected chi connectivity index (χ1v) is 6.19. The first-order valence-electron chi connectivity index (χ1n) is 6.19. The molecule has 0 aliphatic carbocycles. The molecule has 1 fully saturated rings. The molecule has 2 aromatic rings. The van der Waals surface area contributed by atoms with Crippen molar-refractivity contribution in [2.75, 3.05) is 26.2 Å². The van der Waals surface area contributed by atoms with E-state index in [-0.39, 0.29) is 0 Å². The van der Waals surface area contributed by atoms with Gasteiger partial charge in [0.15, 0.2) is 0 Å². The van der Waals surface area contributed by atoms with Crippen molar-refractivity contribution in [3.63, 3.8) is 0 Å².